The van der Waals surface area contributed by atoms with Crippen LogP contribution in [0.25, 0.3) is 0 Å². The maximum absolute atomic E-state index is 13.6. The highest BCUT2D eigenvalue weighted by Crippen LogP contribution is 2.27. The molecule has 5 heteroatoms. The largest absolute Gasteiger partial charge is 0.444 e. The summed E-state index contributed by atoms with van der Waals surface area (Å²) in [6.45, 7) is 2.45. The molecule has 0 bridgehead atoms. The van der Waals surface area contributed by atoms with E-state index in [4.69, 9.17) is 4.74 Å². The highest BCUT2D eigenvalue weighted by atomic mass is 32.2. The third-order valence-electron chi connectivity index (χ3n) is 2.78. The van der Waals surface area contributed by atoms with Crippen molar-refractivity contribution in [2.45, 2.75) is 24.3 Å². The second-order valence-electron chi connectivity index (χ2n) is 3.84. The number of rotatable bonds is 3. The predicted octanol–water partition coefficient (Wildman–Crippen LogP) is 3.28. The Morgan fingerprint density at radius 3 is 2.88 bits per heavy atom. The smallest absolute Gasteiger partial charge is 0.414 e. The summed E-state index contributed by atoms with van der Waals surface area (Å²) < 4.78 is 18.7. The summed E-state index contributed by atoms with van der Waals surface area (Å²) in [5, 5.41) is 0. The summed E-state index contributed by atoms with van der Waals surface area (Å²) in [5.41, 5.74) is 0.557. The van der Waals surface area contributed by atoms with E-state index in [2.05, 4.69) is 0 Å². The van der Waals surface area contributed by atoms with E-state index in [1.54, 1.807) is 12.1 Å². The van der Waals surface area contributed by atoms with Crippen LogP contribution < -0.4 is 4.90 Å². The number of carbonyl (C=O) groups is 1. The number of halogens is 1. The Labute approximate surface area is 104 Å². The van der Waals surface area contributed by atoms with Gasteiger partial charge in [-0.2, -0.15) is 0 Å². The lowest BCUT2D eigenvalue weighted by atomic mass is 10.2. The molecule has 0 radical (unpaired) electrons. The molecule has 1 aliphatic heterocycles. The van der Waals surface area contributed by atoms with Gasteiger partial charge in [-0.25, -0.2) is 9.18 Å². The Hall–Kier alpha value is -1.23. The number of ether oxygens (including phenoxy) is 1. The average Bonchev–Trinajstić information content (AvgIpc) is 2.70. The van der Waals surface area contributed by atoms with Crippen LogP contribution >= 0.6 is 11.8 Å². The molecular formula is C12H14FNO2S. The van der Waals surface area contributed by atoms with Crippen molar-refractivity contribution in [1.82, 2.24) is 0 Å². The van der Waals surface area contributed by atoms with Crippen molar-refractivity contribution in [3.05, 3.63) is 24.0 Å². The highest BCUT2D eigenvalue weighted by molar-refractivity contribution is 7.98. The number of amides is 1. The lowest BCUT2D eigenvalue weighted by Crippen LogP contribution is -2.24. The first-order chi connectivity index (χ1) is 8.15. The predicted molar refractivity (Wildman–Crippen MR) is 66.1 cm³/mol. The van der Waals surface area contributed by atoms with Crippen LogP contribution in [-0.4, -0.2) is 25.0 Å². The van der Waals surface area contributed by atoms with Crippen LogP contribution in [0.5, 0.6) is 0 Å². The van der Waals surface area contributed by atoms with E-state index in [0.717, 1.165) is 6.42 Å². The van der Waals surface area contributed by atoms with Gasteiger partial charge in [0.2, 0.25) is 0 Å². The van der Waals surface area contributed by atoms with Crippen LogP contribution in [0.3, 0.4) is 0 Å². The fraction of sp³-hybridized carbons (Fsp3) is 0.417. The van der Waals surface area contributed by atoms with E-state index in [1.165, 1.54) is 22.7 Å². The molecule has 1 aromatic rings. The molecule has 1 aliphatic rings. The molecule has 2 rings (SSSR count). The fourth-order valence-corrected chi connectivity index (χ4v) is 2.23. The van der Waals surface area contributed by atoms with E-state index in [0.29, 0.717) is 17.1 Å². The van der Waals surface area contributed by atoms with Crippen molar-refractivity contribution < 1.29 is 13.9 Å². The normalized spacial score (nSPS) is 19.6. The minimum Gasteiger partial charge on any atom is -0.444 e. The number of hydrogen-bond donors (Lipinski definition) is 0. The first-order valence-corrected chi connectivity index (χ1v) is 6.70. The number of thioether (sulfide) groups is 1. The quantitative estimate of drug-likeness (QED) is 0.776. The zero-order valence-electron chi connectivity index (χ0n) is 9.77. The molecule has 1 heterocycles. The molecule has 0 spiro atoms. The van der Waals surface area contributed by atoms with Gasteiger partial charge in [0.05, 0.1) is 12.2 Å². The van der Waals surface area contributed by atoms with Gasteiger partial charge in [-0.3, -0.25) is 4.90 Å². The van der Waals surface area contributed by atoms with Gasteiger partial charge in [-0.05, 0) is 30.9 Å². The Balaban J connectivity index is 2.23. The Morgan fingerprint density at radius 2 is 2.35 bits per heavy atom. The average molecular weight is 255 g/mol. The molecule has 0 N–H and O–H groups in total. The molecule has 3 nitrogen and oxygen atoms in total. The summed E-state index contributed by atoms with van der Waals surface area (Å²) >= 11 is 1.34. The molecule has 0 saturated carbocycles. The molecule has 0 aromatic heterocycles. The van der Waals surface area contributed by atoms with Crippen molar-refractivity contribution in [1.29, 1.82) is 0 Å². The molecule has 1 amide bonds. The molecular weight excluding hydrogens is 241 g/mol. The number of hydrogen-bond acceptors (Lipinski definition) is 3. The molecule has 1 unspecified atom stereocenters. The van der Waals surface area contributed by atoms with E-state index >= 15 is 0 Å². The van der Waals surface area contributed by atoms with Crippen LogP contribution in [-0.2, 0) is 4.74 Å². The summed E-state index contributed by atoms with van der Waals surface area (Å²) in [6, 6.07) is 4.81. The van der Waals surface area contributed by atoms with E-state index in [1.807, 2.05) is 13.2 Å². The molecule has 1 fully saturated rings. The lowest BCUT2D eigenvalue weighted by molar-refractivity contribution is 0.139. The van der Waals surface area contributed by atoms with E-state index < -0.39 is 6.09 Å². The van der Waals surface area contributed by atoms with Gasteiger partial charge in [0, 0.05) is 4.90 Å². The maximum Gasteiger partial charge on any atom is 0.414 e. The molecule has 92 valence electrons. The lowest BCUT2D eigenvalue weighted by Gasteiger charge is -2.13. The standard InChI is InChI=1S/C12H14FNO2S/c1-3-9-7-14(12(15)16-9)8-4-5-11(17-2)10(13)6-8/h4-6,9H,3,7H2,1-2H3. The number of cyclic esters (lactones) is 1. The van der Waals surface area contributed by atoms with Crippen LogP contribution in [0.15, 0.2) is 23.1 Å². The van der Waals surface area contributed by atoms with Gasteiger partial charge in [-0.1, -0.05) is 6.92 Å². The van der Waals surface area contributed by atoms with Crippen molar-refractivity contribution in [3.8, 4) is 0 Å². The van der Waals surface area contributed by atoms with Crippen LogP contribution in [0, 0.1) is 5.82 Å². The monoisotopic (exact) mass is 255 g/mol. The van der Waals surface area contributed by atoms with Crippen molar-refractivity contribution >= 4 is 23.5 Å². The van der Waals surface area contributed by atoms with Gasteiger partial charge in [0.25, 0.3) is 0 Å². The zero-order valence-corrected chi connectivity index (χ0v) is 10.6. The second kappa shape index (κ2) is 4.96. The summed E-state index contributed by atoms with van der Waals surface area (Å²) in [5.74, 6) is -0.303. The Kier molecular flexibility index (Phi) is 3.57. The molecule has 17 heavy (non-hydrogen) atoms. The first kappa shape index (κ1) is 12.2. The number of carbonyl (C=O) groups excluding carboxylic acids is 1. The Bertz CT molecular complexity index is 439. The molecule has 1 saturated heterocycles. The summed E-state index contributed by atoms with van der Waals surface area (Å²) in [7, 11) is 0. The van der Waals surface area contributed by atoms with Crippen LogP contribution in [0.4, 0.5) is 14.9 Å². The Morgan fingerprint density at radius 1 is 1.59 bits per heavy atom. The van der Waals surface area contributed by atoms with Gasteiger partial charge in [0.15, 0.2) is 0 Å². The topological polar surface area (TPSA) is 29.5 Å². The van der Waals surface area contributed by atoms with Crippen LogP contribution in [0.1, 0.15) is 13.3 Å². The molecule has 0 aliphatic carbocycles. The third-order valence-corrected chi connectivity index (χ3v) is 3.55. The first-order valence-electron chi connectivity index (χ1n) is 5.47. The molecule has 1 aromatic carbocycles. The highest BCUT2D eigenvalue weighted by Gasteiger charge is 2.31. The SMILES string of the molecule is CCC1CN(c2ccc(SC)c(F)c2)C(=O)O1. The summed E-state index contributed by atoms with van der Waals surface area (Å²) in [4.78, 5) is 13.6. The van der Waals surface area contributed by atoms with Crippen LogP contribution in [0.2, 0.25) is 0 Å². The van der Waals surface area contributed by atoms with Crippen molar-refractivity contribution in [2.24, 2.45) is 0 Å². The number of nitrogens with zero attached hydrogens (tertiary/aromatic N) is 1. The fourth-order valence-electron chi connectivity index (χ4n) is 1.77. The second-order valence-corrected chi connectivity index (χ2v) is 4.69. The van der Waals surface area contributed by atoms with Crippen molar-refractivity contribution in [3.63, 3.8) is 0 Å². The van der Waals surface area contributed by atoms with Gasteiger partial charge in [0.1, 0.15) is 11.9 Å². The summed E-state index contributed by atoms with van der Waals surface area (Å²) in [6.07, 6.45) is 2.10. The minimum absolute atomic E-state index is 0.0919. The van der Waals surface area contributed by atoms with E-state index in [9.17, 15) is 9.18 Å². The minimum atomic E-state index is -0.395. The number of benzene rings is 1. The maximum atomic E-state index is 13.6. The number of anilines is 1. The molecule has 1 atom stereocenters. The van der Waals surface area contributed by atoms with Gasteiger partial charge >= 0.3 is 6.09 Å². The zero-order chi connectivity index (χ0) is 12.4. The van der Waals surface area contributed by atoms with Gasteiger partial charge < -0.3 is 4.74 Å². The van der Waals surface area contributed by atoms with Crippen molar-refractivity contribution in [2.75, 3.05) is 17.7 Å². The van der Waals surface area contributed by atoms with Gasteiger partial charge in [-0.15, -0.1) is 11.8 Å². The third kappa shape index (κ3) is 2.39. The van der Waals surface area contributed by atoms with E-state index in [-0.39, 0.29) is 11.9 Å².